The largest absolute Gasteiger partial charge is 0.481 e. The molecule has 8 heteroatoms. The van der Waals surface area contributed by atoms with Gasteiger partial charge in [-0.1, -0.05) is 29.8 Å². The molecule has 0 aliphatic carbocycles. The van der Waals surface area contributed by atoms with E-state index in [9.17, 15) is 14.4 Å². The summed E-state index contributed by atoms with van der Waals surface area (Å²) in [5.74, 6) is -1.32. The zero-order valence-corrected chi connectivity index (χ0v) is 15.3. The van der Waals surface area contributed by atoms with Gasteiger partial charge in [-0.3, -0.25) is 14.4 Å². The SMILES string of the molecule is O=C(O)CC1COCCN1C(=O)c1ccc(=O)n(Cc2ccccc2Cl)c1. The lowest BCUT2D eigenvalue weighted by molar-refractivity contribution is -0.139. The van der Waals surface area contributed by atoms with Gasteiger partial charge in [-0.25, -0.2) is 0 Å². The van der Waals surface area contributed by atoms with Gasteiger partial charge in [0.2, 0.25) is 0 Å². The molecule has 1 aromatic carbocycles. The molecule has 7 nitrogen and oxygen atoms in total. The van der Waals surface area contributed by atoms with Gasteiger partial charge in [0.1, 0.15) is 0 Å². The Morgan fingerprint density at radius 1 is 1.22 bits per heavy atom. The first kappa shape index (κ1) is 19.1. The number of carboxylic acid groups (broad SMARTS) is 1. The van der Waals surface area contributed by atoms with Crippen LogP contribution in [0.1, 0.15) is 22.3 Å². The summed E-state index contributed by atoms with van der Waals surface area (Å²) in [5, 5.41) is 9.59. The van der Waals surface area contributed by atoms with Gasteiger partial charge >= 0.3 is 5.97 Å². The second kappa shape index (κ2) is 8.37. The molecule has 1 N–H and O–H groups in total. The molecule has 3 rings (SSSR count). The van der Waals surface area contributed by atoms with Gasteiger partial charge in [-0.2, -0.15) is 0 Å². The van der Waals surface area contributed by atoms with Gasteiger partial charge in [0.05, 0.1) is 37.8 Å². The van der Waals surface area contributed by atoms with Crippen LogP contribution in [0.25, 0.3) is 0 Å². The summed E-state index contributed by atoms with van der Waals surface area (Å²) in [6.45, 7) is 1.07. The van der Waals surface area contributed by atoms with Crippen molar-refractivity contribution in [3.63, 3.8) is 0 Å². The number of rotatable bonds is 5. The van der Waals surface area contributed by atoms with E-state index in [1.54, 1.807) is 12.1 Å². The van der Waals surface area contributed by atoms with Crippen LogP contribution in [0, 0.1) is 0 Å². The number of carboxylic acids is 1. The van der Waals surface area contributed by atoms with Crippen molar-refractivity contribution < 1.29 is 19.4 Å². The lowest BCUT2D eigenvalue weighted by Crippen LogP contribution is -2.49. The third-order valence-electron chi connectivity index (χ3n) is 4.43. The van der Waals surface area contributed by atoms with Gasteiger partial charge in [-0.15, -0.1) is 0 Å². The molecule has 1 fully saturated rings. The maximum Gasteiger partial charge on any atom is 0.305 e. The number of ether oxygens (including phenoxy) is 1. The highest BCUT2D eigenvalue weighted by Gasteiger charge is 2.30. The maximum atomic E-state index is 12.9. The third-order valence-corrected chi connectivity index (χ3v) is 4.80. The molecule has 0 saturated carbocycles. The molecule has 142 valence electrons. The van der Waals surface area contributed by atoms with Gasteiger partial charge in [0.15, 0.2) is 0 Å². The smallest absolute Gasteiger partial charge is 0.305 e. The molecule has 1 atom stereocenters. The summed E-state index contributed by atoms with van der Waals surface area (Å²) >= 11 is 6.16. The van der Waals surface area contributed by atoms with Gasteiger partial charge in [0.25, 0.3) is 11.5 Å². The number of aliphatic carboxylic acids is 1. The number of hydrogen-bond donors (Lipinski definition) is 1. The van der Waals surface area contributed by atoms with Crippen LogP contribution in [0.4, 0.5) is 0 Å². The molecule has 0 bridgehead atoms. The summed E-state index contributed by atoms with van der Waals surface area (Å²) in [4.78, 5) is 37.7. The first-order valence-electron chi connectivity index (χ1n) is 8.50. The predicted molar refractivity (Wildman–Crippen MR) is 99.2 cm³/mol. The number of morpholine rings is 1. The molecule has 0 spiro atoms. The number of aromatic nitrogens is 1. The van der Waals surface area contributed by atoms with E-state index in [2.05, 4.69) is 0 Å². The topological polar surface area (TPSA) is 88.8 Å². The lowest BCUT2D eigenvalue weighted by Gasteiger charge is -2.34. The molecule has 0 radical (unpaired) electrons. The van der Waals surface area contributed by atoms with Crippen LogP contribution >= 0.6 is 11.6 Å². The normalized spacial score (nSPS) is 16.9. The molecule has 1 aromatic heterocycles. The van der Waals surface area contributed by atoms with Crippen molar-refractivity contribution in [3.05, 3.63) is 69.1 Å². The van der Waals surface area contributed by atoms with Crippen LogP contribution in [0.2, 0.25) is 5.02 Å². The number of pyridine rings is 1. The quantitative estimate of drug-likeness (QED) is 0.841. The Balaban J connectivity index is 1.86. The third kappa shape index (κ3) is 4.56. The molecular weight excluding hydrogens is 372 g/mol. The standard InChI is InChI=1S/C19H19ClN2O5/c20-16-4-2-1-3-13(16)10-21-11-14(5-6-17(21)23)19(26)22-7-8-27-12-15(22)9-18(24)25/h1-6,11,15H,7-10,12H2,(H,24,25). The predicted octanol–water partition coefficient (Wildman–Crippen LogP) is 1.87. The lowest BCUT2D eigenvalue weighted by atomic mass is 10.1. The van der Waals surface area contributed by atoms with Crippen molar-refractivity contribution in [2.75, 3.05) is 19.8 Å². The van der Waals surface area contributed by atoms with Crippen molar-refractivity contribution in [2.24, 2.45) is 0 Å². The van der Waals surface area contributed by atoms with Gasteiger partial charge in [-0.05, 0) is 17.7 Å². The minimum absolute atomic E-state index is 0.178. The van der Waals surface area contributed by atoms with Crippen molar-refractivity contribution >= 4 is 23.5 Å². The van der Waals surface area contributed by atoms with Crippen molar-refractivity contribution in [3.8, 4) is 0 Å². The van der Waals surface area contributed by atoms with Crippen LogP contribution in [0.15, 0.2) is 47.4 Å². The maximum absolute atomic E-state index is 12.9. The first-order chi connectivity index (χ1) is 13.0. The molecule has 2 heterocycles. The Kier molecular flexibility index (Phi) is 5.93. The van der Waals surface area contributed by atoms with Gasteiger partial charge < -0.3 is 19.3 Å². The van der Waals surface area contributed by atoms with Crippen LogP contribution in [0.3, 0.4) is 0 Å². The zero-order chi connectivity index (χ0) is 19.4. The molecular formula is C19H19ClN2O5. The molecule has 1 aliphatic rings. The summed E-state index contributed by atoms with van der Waals surface area (Å²) in [5.41, 5.74) is 0.829. The van der Waals surface area contributed by atoms with E-state index in [1.807, 2.05) is 12.1 Å². The highest BCUT2D eigenvalue weighted by Crippen LogP contribution is 2.17. The number of benzene rings is 1. The minimum atomic E-state index is -0.994. The second-order valence-corrected chi connectivity index (χ2v) is 6.71. The van der Waals surface area contributed by atoms with Crippen molar-refractivity contribution in [1.29, 1.82) is 0 Å². The van der Waals surface area contributed by atoms with Crippen LogP contribution < -0.4 is 5.56 Å². The fourth-order valence-corrected chi connectivity index (χ4v) is 3.25. The first-order valence-corrected chi connectivity index (χ1v) is 8.88. The number of carbonyl (C=O) groups is 2. The van der Waals surface area contributed by atoms with E-state index >= 15 is 0 Å². The Bertz CT molecular complexity index is 911. The highest BCUT2D eigenvalue weighted by molar-refractivity contribution is 6.31. The monoisotopic (exact) mass is 390 g/mol. The number of carbonyl (C=O) groups excluding carboxylic acids is 1. The highest BCUT2D eigenvalue weighted by atomic mass is 35.5. The molecule has 1 aliphatic heterocycles. The Morgan fingerprint density at radius 3 is 2.74 bits per heavy atom. The number of nitrogens with zero attached hydrogens (tertiary/aromatic N) is 2. The number of hydrogen-bond acceptors (Lipinski definition) is 4. The summed E-state index contributed by atoms with van der Waals surface area (Å²) in [6, 6.07) is 9.43. The molecule has 2 aromatic rings. The van der Waals surface area contributed by atoms with Crippen molar-refractivity contribution in [2.45, 2.75) is 19.0 Å². The second-order valence-electron chi connectivity index (χ2n) is 6.30. The van der Waals surface area contributed by atoms with E-state index in [-0.39, 0.29) is 31.0 Å². The van der Waals surface area contributed by atoms with E-state index in [0.717, 1.165) is 5.56 Å². The van der Waals surface area contributed by atoms with E-state index < -0.39 is 12.0 Å². The zero-order valence-electron chi connectivity index (χ0n) is 14.5. The molecule has 1 amide bonds. The molecule has 1 saturated heterocycles. The Hall–Kier alpha value is -2.64. The minimum Gasteiger partial charge on any atom is -0.481 e. The van der Waals surface area contributed by atoms with Gasteiger partial charge in [0, 0.05) is 23.8 Å². The van der Waals surface area contributed by atoms with E-state index in [1.165, 1.54) is 27.8 Å². The number of halogens is 1. The number of amides is 1. The summed E-state index contributed by atoms with van der Waals surface area (Å²) < 4.78 is 6.72. The fraction of sp³-hybridized carbons (Fsp3) is 0.316. The average Bonchev–Trinajstić information content (AvgIpc) is 2.65. The van der Waals surface area contributed by atoms with E-state index in [0.29, 0.717) is 23.7 Å². The van der Waals surface area contributed by atoms with E-state index in [4.69, 9.17) is 21.4 Å². The average molecular weight is 391 g/mol. The van der Waals surface area contributed by atoms with Crippen LogP contribution in [0.5, 0.6) is 0 Å². The fourth-order valence-electron chi connectivity index (χ4n) is 3.05. The molecule has 1 unspecified atom stereocenters. The summed E-state index contributed by atoms with van der Waals surface area (Å²) in [6.07, 6.45) is 1.30. The van der Waals surface area contributed by atoms with Crippen molar-refractivity contribution in [1.82, 2.24) is 9.47 Å². The molecule has 27 heavy (non-hydrogen) atoms. The van der Waals surface area contributed by atoms with Crippen LogP contribution in [-0.4, -0.2) is 52.3 Å². The Labute approximate surface area is 160 Å². The van der Waals surface area contributed by atoms with Crippen LogP contribution in [-0.2, 0) is 16.1 Å². The Morgan fingerprint density at radius 2 is 2.00 bits per heavy atom. The summed E-state index contributed by atoms with van der Waals surface area (Å²) in [7, 11) is 0.